The molecule has 0 spiro atoms. The Morgan fingerprint density at radius 1 is 1.10 bits per heavy atom. The molecule has 0 saturated carbocycles. The molecule has 1 amide bonds. The van der Waals surface area contributed by atoms with E-state index < -0.39 is 21.7 Å². The van der Waals surface area contributed by atoms with Crippen LogP contribution in [0.5, 0.6) is 5.75 Å². The van der Waals surface area contributed by atoms with Gasteiger partial charge in [0.05, 0.1) is 12.8 Å². The predicted molar refractivity (Wildman–Crippen MR) is 117 cm³/mol. The normalized spacial score (nSPS) is 14.3. The number of nitrogens with one attached hydrogen (secondary N) is 2. The maximum Gasteiger partial charge on any atom is 0.241 e. The van der Waals surface area contributed by atoms with Crippen molar-refractivity contribution in [3.05, 3.63) is 47.5 Å². The summed E-state index contributed by atoms with van der Waals surface area (Å²) in [5, 5.41) is 2.92. The highest BCUT2D eigenvalue weighted by Gasteiger charge is 2.18. The molecule has 3 rings (SSSR count). The number of hydrogen-bond donors (Lipinski definition) is 2. The SMILES string of the molecule is COc1ccc(Cl)cc1NC(=O)CS(=O)(=O)Nc1ccc(N2CCCCC2)cc1. The summed E-state index contributed by atoms with van der Waals surface area (Å²) in [5.41, 5.74) is 1.79. The summed E-state index contributed by atoms with van der Waals surface area (Å²) >= 11 is 5.93. The number of methoxy groups -OCH3 is 1. The van der Waals surface area contributed by atoms with Gasteiger partial charge in [0.2, 0.25) is 15.9 Å². The Balaban J connectivity index is 1.61. The molecule has 0 radical (unpaired) electrons. The second kappa shape index (κ2) is 9.37. The lowest BCUT2D eigenvalue weighted by Crippen LogP contribution is -2.29. The van der Waals surface area contributed by atoms with Crippen LogP contribution in [-0.4, -0.2) is 40.3 Å². The summed E-state index contributed by atoms with van der Waals surface area (Å²) in [6.07, 6.45) is 3.58. The molecule has 0 bridgehead atoms. The van der Waals surface area contributed by atoms with Gasteiger partial charge in [0, 0.05) is 29.5 Å². The Kier molecular flexibility index (Phi) is 6.87. The molecular formula is C20H24ClN3O4S. The van der Waals surface area contributed by atoms with Crippen molar-refractivity contribution in [3.8, 4) is 5.75 Å². The van der Waals surface area contributed by atoms with Crippen molar-refractivity contribution >= 4 is 44.6 Å². The second-order valence-electron chi connectivity index (χ2n) is 6.85. The minimum atomic E-state index is -3.87. The minimum Gasteiger partial charge on any atom is -0.495 e. The van der Waals surface area contributed by atoms with Crippen LogP contribution in [0.25, 0.3) is 0 Å². The third kappa shape index (κ3) is 6.01. The van der Waals surface area contributed by atoms with E-state index in [-0.39, 0.29) is 0 Å². The van der Waals surface area contributed by atoms with E-state index in [4.69, 9.17) is 16.3 Å². The highest BCUT2D eigenvalue weighted by Crippen LogP contribution is 2.27. The lowest BCUT2D eigenvalue weighted by atomic mass is 10.1. The number of sulfonamides is 1. The fourth-order valence-electron chi connectivity index (χ4n) is 3.24. The molecule has 0 aromatic heterocycles. The van der Waals surface area contributed by atoms with Crippen molar-refractivity contribution in [1.29, 1.82) is 0 Å². The number of hydrogen-bond acceptors (Lipinski definition) is 5. The third-order valence-electron chi connectivity index (χ3n) is 4.62. The van der Waals surface area contributed by atoms with Gasteiger partial charge in [-0.15, -0.1) is 0 Å². The van der Waals surface area contributed by atoms with Crippen LogP contribution in [0.15, 0.2) is 42.5 Å². The summed E-state index contributed by atoms with van der Waals surface area (Å²) in [4.78, 5) is 14.5. The first-order chi connectivity index (χ1) is 13.9. The van der Waals surface area contributed by atoms with Gasteiger partial charge in [-0.2, -0.15) is 0 Å². The van der Waals surface area contributed by atoms with Gasteiger partial charge in [0.25, 0.3) is 0 Å². The summed E-state index contributed by atoms with van der Waals surface area (Å²) in [6, 6.07) is 11.9. The Hall–Kier alpha value is -2.45. The zero-order valence-electron chi connectivity index (χ0n) is 16.2. The molecular weight excluding hydrogens is 414 g/mol. The van der Waals surface area contributed by atoms with E-state index in [0.29, 0.717) is 22.1 Å². The first-order valence-corrected chi connectivity index (χ1v) is 11.4. The molecule has 156 valence electrons. The van der Waals surface area contributed by atoms with Crippen LogP contribution in [0.4, 0.5) is 17.1 Å². The smallest absolute Gasteiger partial charge is 0.241 e. The number of benzene rings is 2. The average molecular weight is 438 g/mol. The number of halogens is 1. The number of carbonyl (C=O) groups excluding carboxylic acids is 1. The maximum absolute atomic E-state index is 12.4. The molecule has 2 aromatic carbocycles. The number of amides is 1. The molecule has 1 fully saturated rings. The molecule has 9 heteroatoms. The monoisotopic (exact) mass is 437 g/mol. The molecule has 0 unspecified atom stereocenters. The van der Waals surface area contributed by atoms with Crippen LogP contribution in [0, 0.1) is 0 Å². The maximum atomic E-state index is 12.4. The lowest BCUT2D eigenvalue weighted by molar-refractivity contribution is -0.113. The zero-order valence-corrected chi connectivity index (χ0v) is 17.7. The number of rotatable bonds is 7. The molecule has 1 aliphatic rings. The van der Waals surface area contributed by atoms with Gasteiger partial charge in [0.15, 0.2) is 0 Å². The molecule has 1 saturated heterocycles. The quantitative estimate of drug-likeness (QED) is 0.689. The standard InChI is InChI=1S/C20H24ClN3O4S/c1-28-19-10-5-15(21)13-18(19)22-20(25)14-29(26,27)23-16-6-8-17(9-7-16)24-11-3-2-4-12-24/h5-10,13,23H,2-4,11-12,14H2,1H3,(H,22,25). The third-order valence-corrected chi connectivity index (χ3v) is 6.04. The van der Waals surface area contributed by atoms with Crippen molar-refractivity contribution < 1.29 is 17.9 Å². The molecule has 1 heterocycles. The van der Waals surface area contributed by atoms with Crippen LogP contribution in [0.2, 0.25) is 5.02 Å². The Bertz CT molecular complexity index is 958. The van der Waals surface area contributed by atoms with E-state index in [1.807, 2.05) is 12.1 Å². The Labute approximate surface area is 176 Å². The highest BCUT2D eigenvalue weighted by atomic mass is 35.5. The Morgan fingerprint density at radius 3 is 2.45 bits per heavy atom. The van der Waals surface area contributed by atoms with E-state index in [2.05, 4.69) is 14.9 Å². The summed E-state index contributed by atoms with van der Waals surface area (Å²) in [5.74, 6) is -1.03. The first-order valence-electron chi connectivity index (χ1n) is 9.35. The average Bonchev–Trinajstić information content (AvgIpc) is 2.68. The first kappa shape index (κ1) is 21.3. The van der Waals surface area contributed by atoms with Crippen LogP contribution in [-0.2, 0) is 14.8 Å². The van der Waals surface area contributed by atoms with Crippen LogP contribution in [0.1, 0.15) is 19.3 Å². The molecule has 29 heavy (non-hydrogen) atoms. The van der Waals surface area contributed by atoms with Crippen LogP contribution >= 0.6 is 11.6 Å². The van der Waals surface area contributed by atoms with Crippen LogP contribution in [0.3, 0.4) is 0 Å². The van der Waals surface area contributed by atoms with Gasteiger partial charge < -0.3 is 15.0 Å². The topological polar surface area (TPSA) is 87.7 Å². The van der Waals surface area contributed by atoms with E-state index >= 15 is 0 Å². The lowest BCUT2D eigenvalue weighted by Gasteiger charge is -2.28. The Morgan fingerprint density at radius 2 is 1.79 bits per heavy atom. The van der Waals surface area contributed by atoms with Crippen molar-refractivity contribution in [2.75, 3.05) is 40.9 Å². The van der Waals surface area contributed by atoms with Gasteiger partial charge in [-0.05, 0) is 61.7 Å². The predicted octanol–water partition coefficient (Wildman–Crippen LogP) is 3.72. The van der Waals surface area contributed by atoms with Gasteiger partial charge in [-0.3, -0.25) is 9.52 Å². The fraction of sp³-hybridized carbons (Fsp3) is 0.350. The zero-order chi connectivity index (χ0) is 20.9. The highest BCUT2D eigenvalue weighted by molar-refractivity contribution is 7.93. The van der Waals surface area contributed by atoms with Crippen molar-refractivity contribution in [1.82, 2.24) is 0 Å². The van der Waals surface area contributed by atoms with E-state index in [1.165, 1.54) is 32.4 Å². The molecule has 7 nitrogen and oxygen atoms in total. The summed E-state index contributed by atoms with van der Waals surface area (Å²) in [6.45, 7) is 2.02. The van der Waals surface area contributed by atoms with Crippen molar-refractivity contribution in [3.63, 3.8) is 0 Å². The number of anilines is 3. The summed E-state index contributed by atoms with van der Waals surface area (Å²) in [7, 11) is -2.42. The summed E-state index contributed by atoms with van der Waals surface area (Å²) < 4.78 is 32.3. The van der Waals surface area contributed by atoms with E-state index in [0.717, 1.165) is 18.8 Å². The number of piperidine rings is 1. The van der Waals surface area contributed by atoms with E-state index in [9.17, 15) is 13.2 Å². The molecule has 0 atom stereocenters. The number of carbonyl (C=O) groups is 1. The van der Waals surface area contributed by atoms with Crippen molar-refractivity contribution in [2.45, 2.75) is 19.3 Å². The second-order valence-corrected chi connectivity index (χ2v) is 9.01. The number of ether oxygens (including phenoxy) is 1. The van der Waals surface area contributed by atoms with Gasteiger partial charge in [-0.25, -0.2) is 8.42 Å². The molecule has 2 N–H and O–H groups in total. The van der Waals surface area contributed by atoms with Gasteiger partial charge in [0.1, 0.15) is 11.5 Å². The van der Waals surface area contributed by atoms with Gasteiger partial charge >= 0.3 is 0 Å². The van der Waals surface area contributed by atoms with Gasteiger partial charge in [-0.1, -0.05) is 11.6 Å². The van der Waals surface area contributed by atoms with Crippen LogP contribution < -0.4 is 19.7 Å². The molecule has 2 aromatic rings. The molecule has 1 aliphatic heterocycles. The largest absolute Gasteiger partial charge is 0.495 e. The minimum absolute atomic E-state index is 0.311. The fourth-order valence-corrected chi connectivity index (χ4v) is 4.40. The number of nitrogens with zero attached hydrogens (tertiary/aromatic N) is 1. The molecule has 0 aliphatic carbocycles. The van der Waals surface area contributed by atoms with E-state index in [1.54, 1.807) is 24.3 Å². The van der Waals surface area contributed by atoms with Crippen molar-refractivity contribution in [2.24, 2.45) is 0 Å².